The lowest BCUT2D eigenvalue weighted by Gasteiger charge is -2.20. The summed E-state index contributed by atoms with van der Waals surface area (Å²) < 4.78 is 5.44. The van der Waals surface area contributed by atoms with Gasteiger partial charge in [-0.1, -0.05) is 6.92 Å². The predicted molar refractivity (Wildman–Crippen MR) is 83.1 cm³/mol. The van der Waals surface area contributed by atoms with E-state index in [1.165, 1.54) is 0 Å². The van der Waals surface area contributed by atoms with Crippen molar-refractivity contribution in [2.75, 3.05) is 0 Å². The number of aromatic amines is 1. The molecule has 5 heteroatoms. The summed E-state index contributed by atoms with van der Waals surface area (Å²) in [7, 11) is 0. The molecule has 1 aromatic heterocycles. The minimum absolute atomic E-state index is 0. The van der Waals surface area contributed by atoms with Crippen LogP contribution in [0.4, 0.5) is 0 Å². The van der Waals surface area contributed by atoms with Crippen LogP contribution in [0.15, 0.2) is 24.3 Å². The molecule has 1 heterocycles. The molecule has 0 aliphatic carbocycles. The van der Waals surface area contributed by atoms with Gasteiger partial charge in [0.25, 0.3) is 0 Å². The molecule has 0 unspecified atom stereocenters. The first kappa shape index (κ1) is 16.5. The van der Waals surface area contributed by atoms with Gasteiger partial charge in [0.1, 0.15) is 5.75 Å². The van der Waals surface area contributed by atoms with Crippen molar-refractivity contribution in [3.05, 3.63) is 30.0 Å². The van der Waals surface area contributed by atoms with Crippen LogP contribution in [-0.2, 0) is 11.3 Å². The third-order valence-corrected chi connectivity index (χ3v) is 3.51. The molecule has 0 aliphatic heterocycles. The van der Waals surface area contributed by atoms with E-state index in [2.05, 4.69) is 4.98 Å². The topological polar surface area (TPSA) is 68.1 Å². The maximum Gasteiger partial charge on any atom is 0.316 e. The molecule has 0 fully saturated rings. The van der Waals surface area contributed by atoms with E-state index in [4.69, 9.17) is 10.5 Å². The third kappa shape index (κ3) is 3.32. The number of aromatic nitrogens is 1. The quantitative estimate of drug-likeness (QED) is 0.671. The molecular formula is C15H21ClN2O2. The minimum atomic E-state index is -0.463. The van der Waals surface area contributed by atoms with E-state index in [0.717, 1.165) is 23.0 Å². The van der Waals surface area contributed by atoms with Gasteiger partial charge in [0.05, 0.1) is 5.41 Å². The molecule has 2 aromatic rings. The molecule has 0 spiro atoms. The number of rotatable bonds is 4. The van der Waals surface area contributed by atoms with Crippen LogP contribution in [0.25, 0.3) is 10.9 Å². The summed E-state index contributed by atoms with van der Waals surface area (Å²) in [6.07, 6.45) is 0.746. The molecule has 0 aliphatic rings. The number of benzene rings is 1. The van der Waals surface area contributed by atoms with Gasteiger partial charge in [-0.3, -0.25) is 4.79 Å². The van der Waals surface area contributed by atoms with Gasteiger partial charge in [-0.2, -0.15) is 0 Å². The lowest BCUT2D eigenvalue weighted by molar-refractivity contribution is -0.144. The van der Waals surface area contributed by atoms with Crippen LogP contribution in [0.5, 0.6) is 5.75 Å². The van der Waals surface area contributed by atoms with Crippen LogP contribution < -0.4 is 10.5 Å². The van der Waals surface area contributed by atoms with E-state index >= 15 is 0 Å². The molecule has 2 rings (SSSR count). The SMILES string of the molecule is CCC(C)(C)C(=O)Oc1ccc2[nH]c(CN)cc2c1.Cl. The second-order valence-electron chi connectivity index (χ2n) is 5.37. The third-order valence-electron chi connectivity index (χ3n) is 3.51. The molecule has 0 atom stereocenters. The number of esters is 1. The zero-order chi connectivity index (χ0) is 14.0. The number of hydrogen-bond acceptors (Lipinski definition) is 3. The van der Waals surface area contributed by atoms with Crippen molar-refractivity contribution in [1.29, 1.82) is 0 Å². The Balaban J connectivity index is 0.00000200. The van der Waals surface area contributed by atoms with Crippen molar-refractivity contribution in [3.8, 4) is 5.75 Å². The number of ether oxygens (including phenoxy) is 1. The first-order valence-electron chi connectivity index (χ1n) is 6.50. The van der Waals surface area contributed by atoms with Crippen LogP contribution in [0.3, 0.4) is 0 Å². The van der Waals surface area contributed by atoms with Crippen molar-refractivity contribution < 1.29 is 9.53 Å². The minimum Gasteiger partial charge on any atom is -0.426 e. The van der Waals surface area contributed by atoms with Crippen LogP contribution >= 0.6 is 12.4 Å². The fraction of sp³-hybridized carbons (Fsp3) is 0.400. The van der Waals surface area contributed by atoms with Gasteiger partial charge >= 0.3 is 5.97 Å². The van der Waals surface area contributed by atoms with E-state index in [-0.39, 0.29) is 18.4 Å². The summed E-state index contributed by atoms with van der Waals surface area (Å²) in [5.41, 5.74) is 7.09. The van der Waals surface area contributed by atoms with Gasteiger partial charge in [-0.15, -0.1) is 12.4 Å². The zero-order valence-corrected chi connectivity index (χ0v) is 12.8. The van der Waals surface area contributed by atoms with Crippen LogP contribution in [0.1, 0.15) is 32.9 Å². The highest BCUT2D eigenvalue weighted by Crippen LogP contribution is 2.26. The highest BCUT2D eigenvalue weighted by Gasteiger charge is 2.27. The molecule has 0 saturated carbocycles. The highest BCUT2D eigenvalue weighted by atomic mass is 35.5. The monoisotopic (exact) mass is 296 g/mol. The maximum atomic E-state index is 12.0. The number of carbonyl (C=O) groups excluding carboxylic acids is 1. The van der Waals surface area contributed by atoms with Crippen molar-refractivity contribution in [2.24, 2.45) is 11.1 Å². The average Bonchev–Trinajstić information content (AvgIpc) is 2.80. The molecule has 110 valence electrons. The van der Waals surface area contributed by atoms with Gasteiger partial charge in [0.15, 0.2) is 0 Å². The molecule has 0 radical (unpaired) electrons. The highest BCUT2D eigenvalue weighted by molar-refractivity contribution is 5.85. The smallest absolute Gasteiger partial charge is 0.316 e. The number of nitrogens with two attached hydrogens (primary N) is 1. The lowest BCUT2D eigenvalue weighted by atomic mass is 9.91. The Bertz CT molecular complexity index is 605. The molecule has 0 bridgehead atoms. The number of nitrogens with one attached hydrogen (secondary N) is 1. The standard InChI is InChI=1S/C15H20N2O2.ClH/c1-4-15(2,3)14(18)19-12-5-6-13-10(8-12)7-11(9-16)17-13;/h5-8,17H,4,9,16H2,1-3H3;1H. The molecule has 4 nitrogen and oxygen atoms in total. The fourth-order valence-electron chi connectivity index (χ4n) is 1.73. The predicted octanol–water partition coefficient (Wildman–Crippen LogP) is 3.39. The van der Waals surface area contributed by atoms with E-state index in [1.807, 2.05) is 39.0 Å². The number of fused-ring (bicyclic) bond motifs is 1. The second-order valence-corrected chi connectivity index (χ2v) is 5.37. The van der Waals surface area contributed by atoms with Gasteiger partial charge in [-0.25, -0.2) is 0 Å². The van der Waals surface area contributed by atoms with Gasteiger partial charge in [0, 0.05) is 23.1 Å². The van der Waals surface area contributed by atoms with E-state index in [9.17, 15) is 4.79 Å². The van der Waals surface area contributed by atoms with Crippen LogP contribution in [0.2, 0.25) is 0 Å². The van der Waals surface area contributed by atoms with E-state index < -0.39 is 5.41 Å². The summed E-state index contributed by atoms with van der Waals surface area (Å²) in [5, 5.41) is 1.00. The van der Waals surface area contributed by atoms with Gasteiger partial charge < -0.3 is 15.5 Å². The van der Waals surface area contributed by atoms with Crippen molar-refractivity contribution in [2.45, 2.75) is 33.7 Å². The molecular weight excluding hydrogens is 276 g/mol. The Labute approximate surface area is 125 Å². The summed E-state index contributed by atoms with van der Waals surface area (Å²) in [4.78, 5) is 15.2. The lowest BCUT2D eigenvalue weighted by Crippen LogP contribution is -2.28. The van der Waals surface area contributed by atoms with Gasteiger partial charge in [-0.05, 0) is 44.5 Å². The molecule has 0 saturated heterocycles. The molecule has 1 aromatic carbocycles. The first-order valence-corrected chi connectivity index (χ1v) is 6.50. The fourth-order valence-corrected chi connectivity index (χ4v) is 1.73. The number of hydrogen-bond donors (Lipinski definition) is 2. The Morgan fingerprint density at radius 3 is 2.65 bits per heavy atom. The maximum absolute atomic E-state index is 12.0. The summed E-state index contributed by atoms with van der Waals surface area (Å²) in [6, 6.07) is 7.52. The van der Waals surface area contributed by atoms with E-state index in [0.29, 0.717) is 12.3 Å². The Morgan fingerprint density at radius 2 is 2.05 bits per heavy atom. The first-order chi connectivity index (χ1) is 8.96. The number of carbonyl (C=O) groups is 1. The van der Waals surface area contributed by atoms with E-state index in [1.54, 1.807) is 6.07 Å². The van der Waals surface area contributed by atoms with Crippen LogP contribution in [-0.4, -0.2) is 11.0 Å². The largest absolute Gasteiger partial charge is 0.426 e. The number of halogens is 1. The Kier molecular flexibility index (Phi) is 5.20. The Morgan fingerprint density at radius 1 is 1.35 bits per heavy atom. The summed E-state index contributed by atoms with van der Waals surface area (Å²) in [6.45, 7) is 6.21. The molecule has 0 amide bonds. The summed E-state index contributed by atoms with van der Waals surface area (Å²) >= 11 is 0. The van der Waals surface area contributed by atoms with Crippen molar-refractivity contribution in [1.82, 2.24) is 4.98 Å². The normalized spacial score (nSPS) is 11.2. The van der Waals surface area contributed by atoms with Gasteiger partial charge in [0.2, 0.25) is 0 Å². The van der Waals surface area contributed by atoms with Crippen LogP contribution in [0, 0.1) is 5.41 Å². The summed E-state index contributed by atoms with van der Waals surface area (Å²) in [5.74, 6) is 0.366. The zero-order valence-electron chi connectivity index (χ0n) is 12.0. The second kappa shape index (κ2) is 6.29. The number of H-pyrrole nitrogens is 1. The average molecular weight is 297 g/mol. The molecule has 3 N–H and O–H groups in total. The van der Waals surface area contributed by atoms with Crippen molar-refractivity contribution in [3.63, 3.8) is 0 Å². The van der Waals surface area contributed by atoms with Crippen molar-refractivity contribution >= 4 is 29.3 Å². The Hall–Kier alpha value is -1.52. The molecule has 20 heavy (non-hydrogen) atoms.